The molecule has 0 radical (unpaired) electrons. The van der Waals surface area contributed by atoms with Crippen LogP contribution in [0.1, 0.15) is 17.4 Å². The molecule has 1 unspecified atom stereocenters. The third-order valence-corrected chi connectivity index (χ3v) is 3.45. The van der Waals surface area contributed by atoms with Crippen LogP contribution in [0.2, 0.25) is 0 Å². The monoisotopic (exact) mass is 278 g/mol. The van der Waals surface area contributed by atoms with Crippen LogP contribution >= 0.6 is 0 Å². The van der Waals surface area contributed by atoms with Crippen LogP contribution in [0.15, 0.2) is 18.3 Å². The number of likely N-dealkylation sites (N-methyl/N-ethyl adjacent to an activating group) is 1. The standard InChI is InChI=1S/C14H22N4O2/c1-3-18-6-7-20-12(10-18)9-17-14(19)13-5-4-11(15-2)8-16-13/h4-5,8,12,15H,3,6-7,9-10H2,1-2H3,(H,17,19). The Morgan fingerprint density at radius 3 is 3.05 bits per heavy atom. The maximum absolute atomic E-state index is 12.0. The fraction of sp³-hybridized carbons (Fsp3) is 0.571. The van der Waals surface area contributed by atoms with Crippen molar-refractivity contribution >= 4 is 11.6 Å². The molecule has 1 aliphatic heterocycles. The lowest BCUT2D eigenvalue weighted by molar-refractivity contribution is -0.0246. The van der Waals surface area contributed by atoms with Crippen LogP contribution in [0, 0.1) is 0 Å². The van der Waals surface area contributed by atoms with Gasteiger partial charge in [-0.05, 0) is 18.7 Å². The molecule has 1 atom stereocenters. The highest BCUT2D eigenvalue weighted by Crippen LogP contribution is 2.06. The molecule has 1 aromatic heterocycles. The first-order valence-corrected chi connectivity index (χ1v) is 6.99. The van der Waals surface area contributed by atoms with E-state index in [9.17, 15) is 4.79 Å². The van der Waals surface area contributed by atoms with Gasteiger partial charge in [0.15, 0.2) is 0 Å². The Morgan fingerprint density at radius 2 is 2.40 bits per heavy atom. The van der Waals surface area contributed by atoms with Crippen LogP contribution in [0.5, 0.6) is 0 Å². The Balaban J connectivity index is 1.82. The summed E-state index contributed by atoms with van der Waals surface area (Å²) < 4.78 is 5.65. The molecule has 0 aliphatic carbocycles. The van der Waals surface area contributed by atoms with Gasteiger partial charge in [-0.3, -0.25) is 9.69 Å². The van der Waals surface area contributed by atoms with Crippen LogP contribution < -0.4 is 10.6 Å². The van der Waals surface area contributed by atoms with Crippen molar-refractivity contribution in [2.45, 2.75) is 13.0 Å². The number of anilines is 1. The van der Waals surface area contributed by atoms with Gasteiger partial charge in [-0.15, -0.1) is 0 Å². The van der Waals surface area contributed by atoms with Crippen molar-refractivity contribution in [3.63, 3.8) is 0 Å². The molecule has 1 saturated heterocycles. The summed E-state index contributed by atoms with van der Waals surface area (Å²) in [5, 5.41) is 5.85. The molecule has 6 nitrogen and oxygen atoms in total. The second-order valence-electron chi connectivity index (χ2n) is 4.78. The van der Waals surface area contributed by atoms with Crippen LogP contribution in [0.4, 0.5) is 5.69 Å². The first-order chi connectivity index (χ1) is 9.72. The molecule has 6 heteroatoms. The highest BCUT2D eigenvalue weighted by Gasteiger charge is 2.20. The van der Waals surface area contributed by atoms with Crippen LogP contribution in [0.3, 0.4) is 0 Å². The molecular weight excluding hydrogens is 256 g/mol. The lowest BCUT2D eigenvalue weighted by Gasteiger charge is -2.32. The zero-order valence-electron chi connectivity index (χ0n) is 12.1. The number of hydrogen-bond donors (Lipinski definition) is 2. The zero-order valence-corrected chi connectivity index (χ0v) is 12.1. The first-order valence-electron chi connectivity index (χ1n) is 6.99. The number of rotatable bonds is 5. The average molecular weight is 278 g/mol. The van der Waals surface area contributed by atoms with Gasteiger partial charge in [0.05, 0.1) is 24.6 Å². The number of carbonyl (C=O) groups is 1. The first kappa shape index (κ1) is 14.7. The quantitative estimate of drug-likeness (QED) is 0.824. The minimum absolute atomic E-state index is 0.0595. The summed E-state index contributed by atoms with van der Waals surface area (Å²) in [6, 6.07) is 3.54. The number of ether oxygens (including phenoxy) is 1. The van der Waals surface area contributed by atoms with E-state index in [1.54, 1.807) is 12.3 Å². The van der Waals surface area contributed by atoms with Gasteiger partial charge in [0.1, 0.15) is 5.69 Å². The molecule has 1 aromatic rings. The maximum atomic E-state index is 12.0. The molecule has 1 amide bonds. The van der Waals surface area contributed by atoms with E-state index < -0.39 is 0 Å². The van der Waals surface area contributed by atoms with Gasteiger partial charge in [0.25, 0.3) is 5.91 Å². The van der Waals surface area contributed by atoms with Crippen molar-refractivity contribution in [2.24, 2.45) is 0 Å². The zero-order chi connectivity index (χ0) is 14.4. The Bertz CT molecular complexity index is 435. The van der Waals surface area contributed by atoms with Crippen molar-refractivity contribution < 1.29 is 9.53 Å². The fourth-order valence-electron chi connectivity index (χ4n) is 2.16. The molecule has 0 spiro atoms. The van der Waals surface area contributed by atoms with Gasteiger partial charge in [-0.2, -0.15) is 0 Å². The summed E-state index contributed by atoms with van der Waals surface area (Å²) in [5.41, 5.74) is 1.31. The van der Waals surface area contributed by atoms with Gasteiger partial charge in [0.2, 0.25) is 0 Å². The molecule has 110 valence electrons. The summed E-state index contributed by atoms with van der Waals surface area (Å²) in [5.74, 6) is -0.162. The topological polar surface area (TPSA) is 66.5 Å². The van der Waals surface area contributed by atoms with E-state index in [4.69, 9.17) is 4.74 Å². The molecule has 0 saturated carbocycles. The third-order valence-electron chi connectivity index (χ3n) is 3.45. The van der Waals surface area contributed by atoms with Gasteiger partial charge in [0, 0.05) is 26.7 Å². The van der Waals surface area contributed by atoms with Crippen molar-refractivity contribution in [2.75, 3.05) is 45.2 Å². The average Bonchev–Trinajstić information content (AvgIpc) is 2.53. The number of aromatic nitrogens is 1. The number of nitrogens with zero attached hydrogens (tertiary/aromatic N) is 2. The lowest BCUT2D eigenvalue weighted by atomic mass is 10.2. The normalized spacial score (nSPS) is 19.6. The smallest absolute Gasteiger partial charge is 0.269 e. The van der Waals surface area contributed by atoms with Gasteiger partial charge in [-0.25, -0.2) is 4.98 Å². The predicted molar refractivity (Wildman–Crippen MR) is 78.0 cm³/mol. The molecular formula is C14H22N4O2. The van der Waals surface area contributed by atoms with Crippen LogP contribution in [0.25, 0.3) is 0 Å². The fourth-order valence-corrected chi connectivity index (χ4v) is 2.16. The molecule has 0 bridgehead atoms. The van der Waals surface area contributed by atoms with E-state index in [1.165, 1.54) is 0 Å². The summed E-state index contributed by atoms with van der Waals surface area (Å²) in [4.78, 5) is 18.4. The van der Waals surface area contributed by atoms with Crippen LogP contribution in [-0.2, 0) is 4.74 Å². The molecule has 1 fully saturated rings. The number of amides is 1. The Morgan fingerprint density at radius 1 is 1.55 bits per heavy atom. The minimum Gasteiger partial charge on any atom is -0.387 e. The largest absolute Gasteiger partial charge is 0.387 e. The Kier molecular flexibility index (Phi) is 5.31. The highest BCUT2D eigenvalue weighted by molar-refractivity contribution is 5.92. The van der Waals surface area contributed by atoms with E-state index in [0.717, 1.165) is 31.9 Å². The number of pyridine rings is 1. The second kappa shape index (κ2) is 7.21. The third kappa shape index (κ3) is 3.91. The highest BCUT2D eigenvalue weighted by atomic mass is 16.5. The van der Waals surface area contributed by atoms with Crippen molar-refractivity contribution in [1.29, 1.82) is 0 Å². The van der Waals surface area contributed by atoms with E-state index in [0.29, 0.717) is 12.2 Å². The van der Waals surface area contributed by atoms with Crippen molar-refractivity contribution in [3.05, 3.63) is 24.0 Å². The van der Waals surface area contributed by atoms with E-state index in [2.05, 4.69) is 27.4 Å². The Hall–Kier alpha value is -1.66. The van der Waals surface area contributed by atoms with Gasteiger partial charge >= 0.3 is 0 Å². The molecule has 1 aliphatic rings. The van der Waals surface area contributed by atoms with E-state index in [1.807, 2.05) is 13.1 Å². The van der Waals surface area contributed by atoms with Crippen molar-refractivity contribution in [3.8, 4) is 0 Å². The molecule has 2 N–H and O–H groups in total. The second-order valence-corrected chi connectivity index (χ2v) is 4.78. The lowest BCUT2D eigenvalue weighted by Crippen LogP contribution is -2.47. The predicted octanol–water partition coefficient (Wildman–Crippen LogP) is 0.574. The minimum atomic E-state index is -0.162. The van der Waals surface area contributed by atoms with Gasteiger partial charge in [-0.1, -0.05) is 6.92 Å². The van der Waals surface area contributed by atoms with E-state index in [-0.39, 0.29) is 12.0 Å². The summed E-state index contributed by atoms with van der Waals surface area (Å²) in [7, 11) is 1.82. The number of hydrogen-bond acceptors (Lipinski definition) is 5. The summed E-state index contributed by atoms with van der Waals surface area (Å²) in [6.07, 6.45) is 1.70. The summed E-state index contributed by atoms with van der Waals surface area (Å²) in [6.45, 7) is 6.22. The SMILES string of the molecule is CCN1CCOC(CNC(=O)c2ccc(NC)cn2)C1. The van der Waals surface area contributed by atoms with Crippen molar-refractivity contribution in [1.82, 2.24) is 15.2 Å². The summed E-state index contributed by atoms with van der Waals surface area (Å²) >= 11 is 0. The molecule has 0 aromatic carbocycles. The van der Waals surface area contributed by atoms with E-state index >= 15 is 0 Å². The Labute approximate surface area is 119 Å². The maximum Gasteiger partial charge on any atom is 0.269 e. The molecule has 20 heavy (non-hydrogen) atoms. The number of morpholine rings is 1. The molecule has 2 rings (SSSR count). The number of nitrogens with one attached hydrogen (secondary N) is 2. The van der Waals surface area contributed by atoms with Gasteiger partial charge < -0.3 is 15.4 Å². The van der Waals surface area contributed by atoms with Crippen LogP contribution in [-0.4, -0.2) is 61.7 Å². The molecule has 2 heterocycles. The number of carbonyl (C=O) groups excluding carboxylic acids is 1.